The van der Waals surface area contributed by atoms with Crippen molar-refractivity contribution in [2.24, 2.45) is 11.7 Å². The van der Waals surface area contributed by atoms with Crippen LogP contribution in [0.1, 0.15) is 24.8 Å². The second kappa shape index (κ2) is 4.74. The molecular weight excluding hydrogens is 200 g/mol. The normalized spacial score (nSPS) is 24.6. The van der Waals surface area contributed by atoms with Gasteiger partial charge in [-0.15, -0.1) is 0 Å². The molecule has 0 saturated heterocycles. The largest absolute Gasteiger partial charge is 0.508 e. The van der Waals surface area contributed by atoms with E-state index in [0.29, 0.717) is 17.7 Å². The molecule has 16 heavy (non-hydrogen) atoms. The number of nitrogens with two attached hydrogens (primary N) is 1. The highest BCUT2D eigenvalue weighted by atomic mass is 16.3. The van der Waals surface area contributed by atoms with Gasteiger partial charge in [-0.05, 0) is 43.9 Å². The Hall–Kier alpha value is -1.22. The molecule has 88 valence electrons. The molecule has 2 atom stereocenters. The van der Waals surface area contributed by atoms with Crippen LogP contribution in [0.2, 0.25) is 0 Å². The molecule has 2 unspecified atom stereocenters. The molecule has 1 aromatic rings. The van der Waals surface area contributed by atoms with Crippen LogP contribution in [0.5, 0.6) is 5.75 Å². The summed E-state index contributed by atoms with van der Waals surface area (Å²) >= 11 is 0. The first-order chi connectivity index (χ1) is 7.70. The van der Waals surface area contributed by atoms with E-state index in [1.54, 1.807) is 6.07 Å². The predicted octanol–water partition coefficient (Wildman–Crippen LogP) is 2.24. The number of rotatable bonds is 3. The van der Waals surface area contributed by atoms with E-state index in [1.807, 2.05) is 19.1 Å². The van der Waals surface area contributed by atoms with Gasteiger partial charge in [0.25, 0.3) is 0 Å². The Morgan fingerprint density at radius 1 is 1.44 bits per heavy atom. The fourth-order valence-corrected chi connectivity index (χ4v) is 2.42. The molecule has 1 fully saturated rings. The predicted molar refractivity (Wildman–Crippen MR) is 66.6 cm³/mol. The summed E-state index contributed by atoms with van der Waals surface area (Å²) in [6.07, 6.45) is 3.64. The zero-order valence-electron chi connectivity index (χ0n) is 9.74. The Morgan fingerprint density at radius 2 is 2.25 bits per heavy atom. The van der Waals surface area contributed by atoms with Crippen LogP contribution in [0, 0.1) is 12.8 Å². The monoisotopic (exact) mass is 220 g/mol. The van der Waals surface area contributed by atoms with Gasteiger partial charge >= 0.3 is 0 Å². The van der Waals surface area contributed by atoms with Gasteiger partial charge in [-0.3, -0.25) is 0 Å². The Kier molecular flexibility index (Phi) is 3.34. The van der Waals surface area contributed by atoms with Crippen molar-refractivity contribution in [3.8, 4) is 5.75 Å². The molecule has 0 radical (unpaired) electrons. The third kappa shape index (κ3) is 2.30. The second-order valence-corrected chi connectivity index (χ2v) is 4.68. The highest BCUT2D eigenvalue weighted by molar-refractivity contribution is 5.51. The van der Waals surface area contributed by atoms with Gasteiger partial charge in [0.05, 0.1) is 0 Å². The molecule has 0 heterocycles. The number of anilines is 1. The van der Waals surface area contributed by atoms with E-state index in [9.17, 15) is 5.11 Å². The van der Waals surface area contributed by atoms with Crippen molar-refractivity contribution in [2.75, 3.05) is 11.9 Å². The van der Waals surface area contributed by atoms with Crippen LogP contribution >= 0.6 is 0 Å². The van der Waals surface area contributed by atoms with Crippen molar-refractivity contribution in [3.05, 3.63) is 23.8 Å². The summed E-state index contributed by atoms with van der Waals surface area (Å²) < 4.78 is 0. The first-order valence-electron chi connectivity index (χ1n) is 5.97. The summed E-state index contributed by atoms with van der Waals surface area (Å²) in [6, 6.07) is 6.21. The lowest BCUT2D eigenvalue weighted by Gasteiger charge is -2.21. The first-order valence-corrected chi connectivity index (χ1v) is 5.97. The number of phenols is 1. The van der Waals surface area contributed by atoms with Gasteiger partial charge in [0.2, 0.25) is 0 Å². The summed E-state index contributed by atoms with van der Waals surface area (Å²) in [5, 5.41) is 13.1. The zero-order valence-corrected chi connectivity index (χ0v) is 9.74. The molecule has 1 aliphatic rings. The van der Waals surface area contributed by atoms with Crippen molar-refractivity contribution in [3.63, 3.8) is 0 Å². The SMILES string of the molecule is Cc1ccc(NC2CCCC2CN)cc1O. The zero-order chi connectivity index (χ0) is 11.5. The summed E-state index contributed by atoms with van der Waals surface area (Å²) in [4.78, 5) is 0. The third-order valence-corrected chi connectivity index (χ3v) is 3.52. The number of hydrogen-bond donors (Lipinski definition) is 3. The maximum Gasteiger partial charge on any atom is 0.120 e. The first kappa shape index (κ1) is 11.3. The maximum absolute atomic E-state index is 9.63. The fourth-order valence-electron chi connectivity index (χ4n) is 2.42. The second-order valence-electron chi connectivity index (χ2n) is 4.68. The summed E-state index contributed by atoms with van der Waals surface area (Å²) in [7, 11) is 0. The van der Waals surface area contributed by atoms with E-state index in [1.165, 1.54) is 19.3 Å². The van der Waals surface area contributed by atoms with Crippen LogP contribution in [0.25, 0.3) is 0 Å². The van der Waals surface area contributed by atoms with Crippen LogP contribution in [-0.2, 0) is 0 Å². The van der Waals surface area contributed by atoms with Crippen molar-refractivity contribution < 1.29 is 5.11 Å². The minimum absolute atomic E-state index is 0.354. The minimum Gasteiger partial charge on any atom is -0.508 e. The van der Waals surface area contributed by atoms with Gasteiger partial charge < -0.3 is 16.2 Å². The Labute approximate surface area is 96.7 Å². The van der Waals surface area contributed by atoms with Gasteiger partial charge in [0.1, 0.15) is 5.75 Å². The van der Waals surface area contributed by atoms with Gasteiger partial charge in [-0.1, -0.05) is 12.5 Å². The molecule has 0 bridgehead atoms. The van der Waals surface area contributed by atoms with Crippen molar-refractivity contribution in [1.82, 2.24) is 0 Å². The van der Waals surface area contributed by atoms with E-state index in [4.69, 9.17) is 5.73 Å². The Morgan fingerprint density at radius 3 is 2.94 bits per heavy atom. The Bertz CT molecular complexity index is 365. The molecule has 0 amide bonds. The summed E-state index contributed by atoms with van der Waals surface area (Å²) in [6.45, 7) is 2.65. The standard InChI is InChI=1S/C13H20N2O/c1-9-5-6-11(7-13(9)16)15-12-4-2-3-10(12)8-14/h5-7,10,12,15-16H,2-4,8,14H2,1H3. The molecule has 4 N–H and O–H groups in total. The molecule has 1 saturated carbocycles. The Balaban J connectivity index is 2.05. The lowest BCUT2D eigenvalue weighted by Crippen LogP contribution is -2.29. The van der Waals surface area contributed by atoms with Crippen LogP contribution in [0.4, 0.5) is 5.69 Å². The number of benzene rings is 1. The highest BCUT2D eigenvalue weighted by Crippen LogP contribution is 2.29. The number of nitrogens with one attached hydrogen (secondary N) is 1. The summed E-state index contributed by atoms with van der Waals surface area (Å²) in [5.74, 6) is 0.927. The van der Waals surface area contributed by atoms with Crippen LogP contribution < -0.4 is 11.1 Å². The van der Waals surface area contributed by atoms with Crippen LogP contribution in [0.3, 0.4) is 0 Å². The van der Waals surface area contributed by atoms with Crippen molar-refractivity contribution >= 4 is 5.69 Å². The molecule has 3 nitrogen and oxygen atoms in total. The van der Waals surface area contributed by atoms with E-state index in [0.717, 1.165) is 17.8 Å². The number of aromatic hydroxyl groups is 1. The maximum atomic E-state index is 9.63. The molecule has 1 aromatic carbocycles. The molecule has 1 aliphatic carbocycles. The smallest absolute Gasteiger partial charge is 0.120 e. The van der Waals surface area contributed by atoms with Crippen molar-refractivity contribution in [1.29, 1.82) is 0 Å². The molecular formula is C13H20N2O. The number of phenolic OH excluding ortho intramolecular Hbond substituents is 1. The number of aryl methyl sites for hydroxylation is 1. The van der Waals surface area contributed by atoms with Crippen molar-refractivity contribution in [2.45, 2.75) is 32.2 Å². The highest BCUT2D eigenvalue weighted by Gasteiger charge is 2.25. The van der Waals surface area contributed by atoms with Gasteiger partial charge in [-0.2, -0.15) is 0 Å². The average Bonchev–Trinajstić information content (AvgIpc) is 2.71. The molecule has 0 aliphatic heterocycles. The van der Waals surface area contributed by atoms with Gasteiger partial charge in [-0.25, -0.2) is 0 Å². The van der Waals surface area contributed by atoms with Gasteiger partial charge in [0.15, 0.2) is 0 Å². The van der Waals surface area contributed by atoms with Crippen LogP contribution in [0.15, 0.2) is 18.2 Å². The molecule has 0 aromatic heterocycles. The van der Waals surface area contributed by atoms with Gasteiger partial charge in [0, 0.05) is 17.8 Å². The summed E-state index contributed by atoms with van der Waals surface area (Å²) in [5.41, 5.74) is 7.65. The average molecular weight is 220 g/mol. The fraction of sp³-hybridized carbons (Fsp3) is 0.538. The van der Waals surface area contributed by atoms with E-state index in [2.05, 4.69) is 5.32 Å². The lowest BCUT2D eigenvalue weighted by molar-refractivity contribution is 0.471. The molecule has 2 rings (SSSR count). The van der Waals surface area contributed by atoms with E-state index < -0.39 is 0 Å². The molecule has 0 spiro atoms. The lowest BCUT2D eigenvalue weighted by atomic mass is 10.0. The van der Waals surface area contributed by atoms with E-state index >= 15 is 0 Å². The van der Waals surface area contributed by atoms with Crippen LogP contribution in [-0.4, -0.2) is 17.7 Å². The minimum atomic E-state index is 0.354. The topological polar surface area (TPSA) is 58.3 Å². The number of hydrogen-bond acceptors (Lipinski definition) is 3. The van der Waals surface area contributed by atoms with E-state index in [-0.39, 0.29) is 0 Å². The quantitative estimate of drug-likeness (QED) is 0.732. The molecule has 3 heteroatoms. The third-order valence-electron chi connectivity index (χ3n) is 3.52.